The van der Waals surface area contributed by atoms with Gasteiger partial charge in [-0.15, -0.1) is 0 Å². The van der Waals surface area contributed by atoms with E-state index in [-0.39, 0.29) is 17.7 Å². The van der Waals surface area contributed by atoms with Gasteiger partial charge in [-0.1, -0.05) is 13.0 Å². The van der Waals surface area contributed by atoms with Crippen LogP contribution in [0.1, 0.15) is 25.0 Å². The van der Waals surface area contributed by atoms with Crippen molar-refractivity contribution in [3.8, 4) is 0 Å². The molecule has 0 fully saturated rings. The minimum Gasteiger partial charge on any atom is -0.350 e. The summed E-state index contributed by atoms with van der Waals surface area (Å²) in [6.07, 6.45) is -6.11. The number of benzene rings is 1. The van der Waals surface area contributed by atoms with Crippen molar-refractivity contribution in [1.29, 1.82) is 0 Å². The average Bonchev–Trinajstić information content (AvgIpc) is 2.46. The second-order valence-electron chi connectivity index (χ2n) is 4.90. The molecule has 1 aromatic carbocycles. The third-order valence-corrected chi connectivity index (χ3v) is 3.23. The van der Waals surface area contributed by atoms with E-state index >= 15 is 0 Å². The maximum atomic E-state index is 13.8. The van der Waals surface area contributed by atoms with Gasteiger partial charge in [-0.2, -0.15) is 26.3 Å². The van der Waals surface area contributed by atoms with Crippen LogP contribution in [0.3, 0.4) is 0 Å². The van der Waals surface area contributed by atoms with Crippen molar-refractivity contribution in [1.82, 2.24) is 5.32 Å². The van der Waals surface area contributed by atoms with E-state index in [1.165, 1.54) is 6.92 Å². The molecule has 0 aromatic heterocycles. The van der Waals surface area contributed by atoms with E-state index < -0.39 is 29.5 Å². The lowest BCUT2D eigenvalue weighted by atomic mass is 9.97. The first-order chi connectivity index (χ1) is 10.9. The van der Waals surface area contributed by atoms with Gasteiger partial charge in [0.15, 0.2) is 0 Å². The third-order valence-electron chi connectivity index (χ3n) is 3.23. The molecule has 10 heteroatoms. The first-order valence-electron chi connectivity index (χ1n) is 6.92. The molecule has 1 aromatic rings. The Bertz CT molecular complexity index is 601. The summed E-state index contributed by atoms with van der Waals surface area (Å²) in [6, 6.07) is 1.41. The summed E-state index contributed by atoms with van der Waals surface area (Å²) in [5, 5.41) is 13.4. The molecule has 24 heavy (non-hydrogen) atoms. The molecule has 0 bridgehead atoms. The highest BCUT2D eigenvalue weighted by molar-refractivity contribution is 5.90. The van der Waals surface area contributed by atoms with Gasteiger partial charge in [0.1, 0.15) is 0 Å². The van der Waals surface area contributed by atoms with Gasteiger partial charge in [-0.25, -0.2) is 4.79 Å². The number of aliphatic hydroxyl groups is 1. The Morgan fingerprint density at radius 3 is 2.17 bits per heavy atom. The molecule has 0 saturated heterocycles. The zero-order chi connectivity index (χ0) is 18.8. The smallest absolute Gasteiger partial charge is 0.350 e. The van der Waals surface area contributed by atoms with Gasteiger partial charge >= 0.3 is 24.0 Å². The summed E-state index contributed by atoms with van der Waals surface area (Å²) in [5.74, 6) is -10.9. The molecule has 0 aliphatic rings. The highest BCUT2D eigenvalue weighted by Gasteiger charge is 2.71. The minimum atomic E-state index is -6.18. The summed E-state index contributed by atoms with van der Waals surface area (Å²) in [6.45, 7) is 3.44. The van der Waals surface area contributed by atoms with Crippen LogP contribution in [0, 0.1) is 0 Å². The van der Waals surface area contributed by atoms with Gasteiger partial charge in [0, 0.05) is 17.8 Å². The number of halogens is 6. The molecule has 4 nitrogen and oxygen atoms in total. The summed E-state index contributed by atoms with van der Waals surface area (Å²) < 4.78 is 78.0. The van der Waals surface area contributed by atoms with Gasteiger partial charge in [0.05, 0.1) is 0 Å². The Labute approximate surface area is 133 Å². The Kier molecular flexibility index (Phi) is 5.75. The molecule has 0 aliphatic heterocycles. The number of hydrogen-bond acceptors (Lipinski definition) is 2. The lowest BCUT2D eigenvalue weighted by molar-refractivity contribution is -0.390. The molecule has 136 valence electrons. The molecule has 1 rings (SSSR count). The molecule has 1 atom stereocenters. The van der Waals surface area contributed by atoms with Crippen molar-refractivity contribution in [3.63, 3.8) is 0 Å². The van der Waals surface area contributed by atoms with Gasteiger partial charge in [0.2, 0.25) is 0 Å². The zero-order valence-electron chi connectivity index (χ0n) is 12.8. The van der Waals surface area contributed by atoms with Crippen molar-refractivity contribution >= 4 is 11.7 Å². The Balaban J connectivity index is 3.25. The number of urea groups is 1. The predicted molar refractivity (Wildman–Crippen MR) is 74.5 cm³/mol. The summed E-state index contributed by atoms with van der Waals surface area (Å²) in [7, 11) is 0. The van der Waals surface area contributed by atoms with Gasteiger partial charge in [-0.3, -0.25) is 0 Å². The molecule has 0 heterocycles. The lowest BCUT2D eigenvalue weighted by Crippen LogP contribution is -2.53. The van der Waals surface area contributed by atoms with E-state index in [4.69, 9.17) is 5.11 Å². The maximum absolute atomic E-state index is 13.8. The van der Waals surface area contributed by atoms with Gasteiger partial charge in [-0.05, 0) is 31.0 Å². The van der Waals surface area contributed by atoms with Crippen LogP contribution in [0.5, 0.6) is 0 Å². The average molecular weight is 358 g/mol. The van der Waals surface area contributed by atoms with Crippen molar-refractivity contribution in [2.24, 2.45) is 0 Å². The number of alkyl halides is 6. The fourth-order valence-corrected chi connectivity index (χ4v) is 1.90. The first-order valence-corrected chi connectivity index (χ1v) is 6.92. The van der Waals surface area contributed by atoms with Gasteiger partial charge in [0.25, 0.3) is 0 Å². The molecule has 0 saturated carbocycles. The Morgan fingerprint density at radius 1 is 1.12 bits per heavy atom. The van der Waals surface area contributed by atoms with E-state index in [1.54, 1.807) is 6.92 Å². The predicted octanol–water partition coefficient (Wildman–Crippen LogP) is 3.70. The Morgan fingerprint density at radius 2 is 1.71 bits per heavy atom. The van der Waals surface area contributed by atoms with Crippen molar-refractivity contribution < 1.29 is 36.2 Å². The quantitative estimate of drug-likeness (QED) is 0.703. The van der Waals surface area contributed by atoms with Crippen LogP contribution in [0.2, 0.25) is 0 Å². The van der Waals surface area contributed by atoms with Crippen LogP contribution < -0.4 is 10.6 Å². The second-order valence-corrected chi connectivity index (χ2v) is 4.90. The Hall–Kier alpha value is -1.97. The maximum Gasteiger partial charge on any atom is 0.455 e. The highest BCUT2D eigenvalue weighted by atomic mass is 19.4. The number of amides is 2. The monoisotopic (exact) mass is 358 g/mol. The number of carbonyl (C=O) groups is 1. The molecule has 0 spiro atoms. The van der Waals surface area contributed by atoms with Gasteiger partial charge < -0.3 is 15.7 Å². The first kappa shape index (κ1) is 20.1. The van der Waals surface area contributed by atoms with Crippen LogP contribution in [-0.2, 0) is 12.3 Å². The van der Waals surface area contributed by atoms with E-state index in [0.29, 0.717) is 18.7 Å². The fraction of sp³-hybridized carbons (Fsp3) is 0.500. The standard InChI is InChI=1S/C14H16F6N2O2/c1-3-8-7-9(5-6-10(8)22-11(23)21-4-2)12(15,16)13(17,24)14(18,19)20/h5-7,24H,3-4H2,1-2H3,(H2,21,22,23). The van der Waals surface area contributed by atoms with Crippen molar-refractivity contribution in [2.75, 3.05) is 11.9 Å². The molecular formula is C14H16F6N2O2. The van der Waals surface area contributed by atoms with E-state index in [1.807, 2.05) is 0 Å². The number of anilines is 1. The van der Waals surface area contributed by atoms with E-state index in [2.05, 4.69) is 10.6 Å². The highest BCUT2D eigenvalue weighted by Crippen LogP contribution is 2.49. The molecular weight excluding hydrogens is 342 g/mol. The minimum absolute atomic E-state index is 0.0522. The van der Waals surface area contributed by atoms with Crippen LogP contribution >= 0.6 is 0 Å². The molecule has 0 radical (unpaired) electrons. The molecule has 1 unspecified atom stereocenters. The molecule has 3 N–H and O–H groups in total. The normalized spacial score (nSPS) is 14.9. The molecule has 2 amide bonds. The fourth-order valence-electron chi connectivity index (χ4n) is 1.90. The van der Waals surface area contributed by atoms with E-state index in [0.717, 1.165) is 6.07 Å². The second kappa shape index (κ2) is 6.88. The number of aryl methyl sites for hydroxylation is 1. The van der Waals surface area contributed by atoms with Crippen LogP contribution in [0.25, 0.3) is 0 Å². The van der Waals surface area contributed by atoms with Crippen molar-refractivity contribution in [3.05, 3.63) is 29.3 Å². The summed E-state index contributed by atoms with van der Waals surface area (Å²) >= 11 is 0. The summed E-state index contributed by atoms with van der Waals surface area (Å²) in [4.78, 5) is 11.4. The lowest BCUT2D eigenvalue weighted by Gasteiger charge is -2.30. The summed E-state index contributed by atoms with van der Waals surface area (Å²) in [5.41, 5.74) is -1.23. The number of rotatable bonds is 5. The zero-order valence-corrected chi connectivity index (χ0v) is 12.8. The van der Waals surface area contributed by atoms with Crippen LogP contribution in [0.4, 0.5) is 36.8 Å². The number of carbonyl (C=O) groups excluding carboxylic acids is 1. The van der Waals surface area contributed by atoms with Crippen LogP contribution in [-0.4, -0.2) is 29.7 Å². The SMILES string of the molecule is CCNC(=O)Nc1ccc(C(F)(F)C(O)(F)C(F)(F)F)cc1CC. The largest absolute Gasteiger partial charge is 0.455 e. The topological polar surface area (TPSA) is 61.4 Å². The van der Waals surface area contributed by atoms with Crippen LogP contribution in [0.15, 0.2) is 18.2 Å². The van der Waals surface area contributed by atoms with E-state index in [9.17, 15) is 31.1 Å². The number of hydrogen-bond donors (Lipinski definition) is 3. The van der Waals surface area contributed by atoms with Crippen molar-refractivity contribution in [2.45, 2.75) is 38.2 Å². The number of nitrogens with one attached hydrogen (secondary N) is 2. The third kappa shape index (κ3) is 3.74. The molecule has 0 aliphatic carbocycles.